The van der Waals surface area contributed by atoms with Crippen LogP contribution in [0.4, 0.5) is 0 Å². The van der Waals surface area contributed by atoms with Gasteiger partial charge >= 0.3 is 0 Å². The molecule has 0 saturated carbocycles. The lowest BCUT2D eigenvalue weighted by Crippen LogP contribution is -2.07. The molecule has 0 unspecified atom stereocenters. The Hall–Kier alpha value is -0.990. The second-order valence-corrected chi connectivity index (χ2v) is 0.833. The van der Waals surface area contributed by atoms with E-state index >= 15 is 0 Å². The molecule has 5 N–H and O–H groups in total. The number of nitrogens with one attached hydrogen (secondary N) is 1. The lowest BCUT2D eigenvalue weighted by molar-refractivity contribution is 1.26. The van der Waals surface area contributed by atoms with Crippen LogP contribution in [0.15, 0.2) is 11.9 Å². The minimum atomic E-state index is 0.171. The third-order valence-electron chi connectivity index (χ3n) is 0.276. The van der Waals surface area contributed by atoms with Crippen molar-refractivity contribution in [2.75, 3.05) is 0 Å². The summed E-state index contributed by atoms with van der Waals surface area (Å²) in [4.78, 5) is 0. The third-order valence-corrected chi connectivity index (χ3v) is 0.276. The standard InChI is InChI=1S/C3H7N3/c4-2-1-3(5)6/h1-2,4H,5-6H2. The van der Waals surface area contributed by atoms with E-state index in [1.54, 1.807) is 0 Å². The summed E-state index contributed by atoms with van der Waals surface area (Å²) in [7, 11) is 0. The summed E-state index contributed by atoms with van der Waals surface area (Å²) >= 11 is 0. The molecule has 34 valence electrons. The number of rotatable bonds is 1. The molecule has 0 atom stereocenters. The van der Waals surface area contributed by atoms with Gasteiger partial charge in [-0.1, -0.05) is 0 Å². The van der Waals surface area contributed by atoms with Gasteiger partial charge in [-0.3, -0.25) is 0 Å². The van der Waals surface area contributed by atoms with E-state index in [1.807, 2.05) is 0 Å². The van der Waals surface area contributed by atoms with Gasteiger partial charge < -0.3 is 16.9 Å². The Labute approximate surface area is 36.1 Å². The van der Waals surface area contributed by atoms with Crippen molar-refractivity contribution >= 4 is 6.21 Å². The predicted octanol–water partition coefficient (Wildman–Crippen LogP) is -0.605. The smallest absolute Gasteiger partial charge is 0.0948 e. The maximum Gasteiger partial charge on any atom is 0.0948 e. The zero-order valence-corrected chi connectivity index (χ0v) is 3.31. The normalized spacial score (nSPS) is 6.67. The van der Waals surface area contributed by atoms with Crippen molar-refractivity contribution in [1.82, 2.24) is 0 Å². The minimum absolute atomic E-state index is 0.171. The lowest BCUT2D eigenvalue weighted by Gasteiger charge is -1.79. The van der Waals surface area contributed by atoms with E-state index in [0.29, 0.717) is 0 Å². The van der Waals surface area contributed by atoms with Crippen molar-refractivity contribution in [3.63, 3.8) is 0 Å². The Morgan fingerprint density at radius 1 is 1.50 bits per heavy atom. The highest BCUT2D eigenvalue weighted by Gasteiger charge is 1.64. The fraction of sp³-hybridized carbons (Fsp3) is 0. The molecule has 6 heavy (non-hydrogen) atoms. The molecule has 0 aliphatic rings. The van der Waals surface area contributed by atoms with Gasteiger partial charge in [0.25, 0.3) is 0 Å². The summed E-state index contributed by atoms with van der Waals surface area (Å²) in [6.07, 6.45) is 2.34. The number of hydrogen-bond donors (Lipinski definition) is 3. The number of allylic oxidation sites excluding steroid dienone is 1. The number of hydrogen-bond acceptors (Lipinski definition) is 3. The van der Waals surface area contributed by atoms with Gasteiger partial charge in [0.05, 0.1) is 5.82 Å². The van der Waals surface area contributed by atoms with E-state index in [2.05, 4.69) is 0 Å². The first-order valence-electron chi connectivity index (χ1n) is 1.49. The van der Waals surface area contributed by atoms with Crippen molar-refractivity contribution in [2.24, 2.45) is 11.5 Å². The fourth-order valence-corrected chi connectivity index (χ4v) is 0.0962. The van der Waals surface area contributed by atoms with Gasteiger partial charge in [0.2, 0.25) is 0 Å². The highest BCUT2D eigenvalue weighted by Crippen LogP contribution is 1.58. The largest absolute Gasteiger partial charge is 0.386 e. The van der Waals surface area contributed by atoms with Gasteiger partial charge in [-0.25, -0.2) is 0 Å². The van der Waals surface area contributed by atoms with Crippen molar-refractivity contribution in [3.8, 4) is 0 Å². The van der Waals surface area contributed by atoms with Crippen molar-refractivity contribution < 1.29 is 0 Å². The first kappa shape index (κ1) is 5.01. The molecule has 3 nitrogen and oxygen atoms in total. The first-order valence-corrected chi connectivity index (χ1v) is 1.49. The Morgan fingerprint density at radius 2 is 2.00 bits per heavy atom. The molecule has 0 aromatic rings. The summed E-state index contributed by atoms with van der Waals surface area (Å²) in [5, 5.41) is 6.37. The quantitative estimate of drug-likeness (QED) is 0.372. The van der Waals surface area contributed by atoms with Crippen LogP contribution in [0.1, 0.15) is 0 Å². The fourth-order valence-electron chi connectivity index (χ4n) is 0.0962. The molecule has 0 amide bonds. The second kappa shape index (κ2) is 2.26. The van der Waals surface area contributed by atoms with E-state index in [9.17, 15) is 0 Å². The Balaban J connectivity index is 3.41. The monoisotopic (exact) mass is 85.1 g/mol. The van der Waals surface area contributed by atoms with Gasteiger partial charge in [-0.15, -0.1) is 0 Å². The van der Waals surface area contributed by atoms with Crippen LogP contribution in [0, 0.1) is 5.41 Å². The molecule has 0 saturated heterocycles. The van der Waals surface area contributed by atoms with E-state index in [0.717, 1.165) is 6.21 Å². The molecule has 0 radical (unpaired) electrons. The van der Waals surface area contributed by atoms with Gasteiger partial charge in [0.15, 0.2) is 0 Å². The number of nitrogens with two attached hydrogens (primary N) is 2. The summed E-state index contributed by atoms with van der Waals surface area (Å²) in [6.45, 7) is 0. The molecule has 3 heteroatoms. The van der Waals surface area contributed by atoms with E-state index in [4.69, 9.17) is 16.9 Å². The molecule has 0 rings (SSSR count). The molecule has 0 bridgehead atoms. The topological polar surface area (TPSA) is 75.9 Å². The van der Waals surface area contributed by atoms with Gasteiger partial charge in [-0.05, 0) is 6.08 Å². The van der Waals surface area contributed by atoms with Crippen LogP contribution in [0.3, 0.4) is 0 Å². The summed E-state index contributed by atoms with van der Waals surface area (Å²) in [5.74, 6) is 0.171. The zero-order chi connectivity index (χ0) is 4.99. The van der Waals surface area contributed by atoms with Gasteiger partial charge in [0.1, 0.15) is 0 Å². The van der Waals surface area contributed by atoms with Crippen LogP contribution in [0.5, 0.6) is 0 Å². The molecule has 0 heterocycles. The molecule has 0 spiro atoms. The van der Waals surface area contributed by atoms with Crippen molar-refractivity contribution in [2.45, 2.75) is 0 Å². The highest BCUT2D eigenvalue weighted by molar-refractivity contribution is 5.68. The first-order chi connectivity index (χ1) is 2.77. The Kier molecular flexibility index (Phi) is 1.89. The van der Waals surface area contributed by atoms with Gasteiger partial charge in [-0.2, -0.15) is 0 Å². The molecule has 0 fully saturated rings. The van der Waals surface area contributed by atoms with E-state index in [-0.39, 0.29) is 5.82 Å². The molecule has 0 aromatic heterocycles. The van der Waals surface area contributed by atoms with Crippen LogP contribution >= 0.6 is 0 Å². The summed E-state index contributed by atoms with van der Waals surface area (Å²) in [6, 6.07) is 0. The molecular formula is C3H7N3. The zero-order valence-electron chi connectivity index (χ0n) is 3.31. The summed E-state index contributed by atoms with van der Waals surface area (Å²) in [5.41, 5.74) is 9.78. The van der Waals surface area contributed by atoms with Crippen LogP contribution in [0.25, 0.3) is 0 Å². The van der Waals surface area contributed by atoms with E-state index < -0.39 is 0 Å². The van der Waals surface area contributed by atoms with Crippen LogP contribution in [-0.2, 0) is 0 Å². The van der Waals surface area contributed by atoms with Gasteiger partial charge in [0, 0.05) is 6.21 Å². The molecule has 0 aromatic carbocycles. The Bertz CT molecular complexity index is 70.1. The molecular weight excluding hydrogens is 78.1 g/mol. The minimum Gasteiger partial charge on any atom is -0.386 e. The van der Waals surface area contributed by atoms with Crippen LogP contribution in [0.2, 0.25) is 0 Å². The van der Waals surface area contributed by atoms with E-state index in [1.165, 1.54) is 6.08 Å². The summed E-state index contributed by atoms with van der Waals surface area (Å²) < 4.78 is 0. The molecule has 0 aliphatic carbocycles. The highest BCUT2D eigenvalue weighted by atomic mass is 14.8. The maximum atomic E-state index is 6.37. The predicted molar refractivity (Wildman–Crippen MR) is 25.2 cm³/mol. The molecule has 0 aliphatic heterocycles. The second-order valence-electron chi connectivity index (χ2n) is 0.833. The average molecular weight is 85.1 g/mol. The lowest BCUT2D eigenvalue weighted by atomic mass is 10.6. The SMILES string of the molecule is N=CC=C(N)N. The van der Waals surface area contributed by atoms with Crippen molar-refractivity contribution in [3.05, 3.63) is 11.9 Å². The maximum absolute atomic E-state index is 6.37. The van der Waals surface area contributed by atoms with Crippen LogP contribution < -0.4 is 11.5 Å². The average Bonchev–Trinajstić information content (AvgIpc) is 1.35. The third kappa shape index (κ3) is 3.01. The van der Waals surface area contributed by atoms with Crippen LogP contribution in [-0.4, -0.2) is 6.21 Å². The van der Waals surface area contributed by atoms with Crippen molar-refractivity contribution in [1.29, 1.82) is 5.41 Å². The Morgan fingerprint density at radius 3 is 2.00 bits per heavy atom.